The monoisotopic (exact) mass is 285 g/mol. The fraction of sp³-hybridized carbons (Fsp3) is 0.571. The Morgan fingerprint density at radius 1 is 1.11 bits per heavy atom. The van der Waals surface area contributed by atoms with Gasteiger partial charge in [-0.2, -0.15) is 0 Å². The van der Waals surface area contributed by atoms with E-state index in [1.165, 1.54) is 30.7 Å². The minimum atomic E-state index is -3.54. The van der Waals surface area contributed by atoms with Gasteiger partial charge in [-0.1, -0.05) is 26.2 Å². The highest BCUT2D eigenvalue weighted by atomic mass is 32.2. The summed E-state index contributed by atoms with van der Waals surface area (Å²) in [5, 5.41) is 0. The van der Waals surface area contributed by atoms with Gasteiger partial charge in [0.05, 0.1) is 4.90 Å². The number of nitrogens with one attached hydrogen (secondary N) is 1. The second-order valence-electron chi connectivity index (χ2n) is 5.30. The second-order valence-corrected chi connectivity index (χ2v) is 7.01. The third-order valence-electron chi connectivity index (χ3n) is 3.79. The summed E-state index contributed by atoms with van der Waals surface area (Å²) in [6.45, 7) is 2.09. The lowest BCUT2D eigenvalue weighted by atomic mass is 9.98. The van der Waals surface area contributed by atoms with Gasteiger partial charge in [-0.3, -0.25) is 0 Å². The van der Waals surface area contributed by atoms with Gasteiger partial charge in [0.25, 0.3) is 0 Å². The van der Waals surface area contributed by atoms with E-state index in [1.54, 1.807) is 0 Å². The summed E-state index contributed by atoms with van der Waals surface area (Å²) in [6.07, 6.45) is 5.31. The molecular weight excluding hydrogens is 265 g/mol. The van der Waals surface area contributed by atoms with Crippen molar-refractivity contribution in [3.05, 3.63) is 30.1 Å². The Labute approximate surface area is 114 Å². The summed E-state index contributed by atoms with van der Waals surface area (Å²) in [4.78, 5) is 0.130. The molecule has 0 spiro atoms. The first kappa shape index (κ1) is 14.5. The molecule has 1 fully saturated rings. The van der Waals surface area contributed by atoms with Crippen LogP contribution in [0.25, 0.3) is 0 Å². The Balaban J connectivity index is 2.13. The largest absolute Gasteiger partial charge is 0.240 e. The van der Waals surface area contributed by atoms with E-state index >= 15 is 0 Å². The molecule has 1 aliphatic carbocycles. The van der Waals surface area contributed by atoms with Crippen molar-refractivity contribution in [1.82, 2.24) is 4.72 Å². The van der Waals surface area contributed by atoms with Crippen LogP contribution in [0.5, 0.6) is 0 Å². The Morgan fingerprint density at radius 3 is 2.42 bits per heavy atom. The molecule has 0 heterocycles. The smallest absolute Gasteiger partial charge is 0.208 e. The molecule has 0 aromatic heterocycles. The Bertz CT molecular complexity index is 513. The van der Waals surface area contributed by atoms with Crippen LogP contribution in [0.15, 0.2) is 29.2 Å². The molecule has 1 aromatic carbocycles. The molecule has 1 aromatic rings. The minimum absolute atomic E-state index is 0.0162. The summed E-state index contributed by atoms with van der Waals surface area (Å²) in [6, 6.07) is 4.94. The van der Waals surface area contributed by atoms with E-state index in [1.807, 2.05) is 0 Å². The number of rotatable bonds is 3. The predicted molar refractivity (Wildman–Crippen MR) is 72.8 cm³/mol. The van der Waals surface area contributed by atoms with Gasteiger partial charge in [-0.25, -0.2) is 17.5 Å². The van der Waals surface area contributed by atoms with Crippen LogP contribution in [0, 0.1) is 11.7 Å². The number of sulfonamides is 1. The van der Waals surface area contributed by atoms with Gasteiger partial charge in [-0.15, -0.1) is 0 Å². The van der Waals surface area contributed by atoms with Crippen LogP contribution in [0.3, 0.4) is 0 Å². The number of hydrogen-bond acceptors (Lipinski definition) is 2. The van der Waals surface area contributed by atoms with Gasteiger partial charge in [0, 0.05) is 6.04 Å². The predicted octanol–water partition coefficient (Wildman–Crippen LogP) is 3.07. The van der Waals surface area contributed by atoms with Crippen molar-refractivity contribution in [3.63, 3.8) is 0 Å². The summed E-state index contributed by atoms with van der Waals surface area (Å²) in [5.41, 5.74) is 0. The molecule has 3 nitrogen and oxygen atoms in total. The molecule has 2 atom stereocenters. The second kappa shape index (κ2) is 6.01. The zero-order chi connectivity index (χ0) is 13.9. The van der Waals surface area contributed by atoms with E-state index in [0.717, 1.165) is 25.7 Å². The molecule has 2 rings (SSSR count). The molecule has 1 aliphatic rings. The topological polar surface area (TPSA) is 46.2 Å². The van der Waals surface area contributed by atoms with E-state index in [0.29, 0.717) is 5.92 Å². The summed E-state index contributed by atoms with van der Waals surface area (Å²) in [5.74, 6) is -0.0838. The first-order chi connectivity index (χ1) is 8.99. The van der Waals surface area contributed by atoms with E-state index in [4.69, 9.17) is 0 Å². The van der Waals surface area contributed by atoms with E-state index in [9.17, 15) is 12.8 Å². The first-order valence-corrected chi connectivity index (χ1v) is 8.25. The maximum Gasteiger partial charge on any atom is 0.240 e. The lowest BCUT2D eigenvalue weighted by Crippen LogP contribution is -2.38. The zero-order valence-electron chi connectivity index (χ0n) is 11.1. The third kappa shape index (κ3) is 3.76. The van der Waals surface area contributed by atoms with Crippen molar-refractivity contribution in [1.29, 1.82) is 0 Å². The molecule has 0 saturated heterocycles. The fourth-order valence-corrected chi connectivity index (χ4v) is 3.93. The average molecular weight is 285 g/mol. The van der Waals surface area contributed by atoms with E-state index in [2.05, 4.69) is 11.6 Å². The highest BCUT2D eigenvalue weighted by molar-refractivity contribution is 7.89. The van der Waals surface area contributed by atoms with Crippen LogP contribution in [0.4, 0.5) is 4.39 Å². The van der Waals surface area contributed by atoms with Crippen molar-refractivity contribution in [2.45, 2.75) is 50.0 Å². The van der Waals surface area contributed by atoms with Gasteiger partial charge in [0.15, 0.2) is 0 Å². The lowest BCUT2D eigenvalue weighted by Gasteiger charge is -2.22. The van der Waals surface area contributed by atoms with E-state index in [-0.39, 0.29) is 10.9 Å². The van der Waals surface area contributed by atoms with Crippen LogP contribution >= 0.6 is 0 Å². The summed E-state index contributed by atoms with van der Waals surface area (Å²) < 4.78 is 40.1. The van der Waals surface area contributed by atoms with Gasteiger partial charge >= 0.3 is 0 Å². The van der Waals surface area contributed by atoms with Crippen molar-refractivity contribution in [3.8, 4) is 0 Å². The van der Waals surface area contributed by atoms with Gasteiger partial charge in [-0.05, 0) is 43.0 Å². The van der Waals surface area contributed by atoms with Crippen LogP contribution < -0.4 is 4.72 Å². The highest BCUT2D eigenvalue weighted by Crippen LogP contribution is 2.24. The van der Waals surface area contributed by atoms with Crippen molar-refractivity contribution in [2.24, 2.45) is 5.92 Å². The van der Waals surface area contributed by atoms with Crippen LogP contribution in [0.2, 0.25) is 0 Å². The molecule has 19 heavy (non-hydrogen) atoms. The van der Waals surface area contributed by atoms with Gasteiger partial charge in [0.1, 0.15) is 5.82 Å². The quantitative estimate of drug-likeness (QED) is 0.868. The Kier molecular flexibility index (Phi) is 4.58. The van der Waals surface area contributed by atoms with Crippen LogP contribution in [0.1, 0.15) is 39.0 Å². The summed E-state index contributed by atoms with van der Waals surface area (Å²) in [7, 11) is -3.54. The Hall–Kier alpha value is -0.940. The van der Waals surface area contributed by atoms with Crippen LogP contribution in [-0.4, -0.2) is 14.5 Å². The molecule has 0 aliphatic heterocycles. The number of hydrogen-bond donors (Lipinski definition) is 1. The average Bonchev–Trinajstić information content (AvgIpc) is 2.55. The van der Waals surface area contributed by atoms with Gasteiger partial charge in [0.2, 0.25) is 10.0 Å². The van der Waals surface area contributed by atoms with Crippen LogP contribution in [-0.2, 0) is 10.0 Å². The van der Waals surface area contributed by atoms with E-state index < -0.39 is 15.8 Å². The molecule has 106 valence electrons. The Morgan fingerprint density at radius 2 is 1.74 bits per heavy atom. The molecule has 2 unspecified atom stereocenters. The van der Waals surface area contributed by atoms with Gasteiger partial charge < -0.3 is 0 Å². The molecule has 1 saturated carbocycles. The SMILES string of the molecule is CC1CCCCCC1NS(=O)(=O)c1ccc(F)cc1. The fourth-order valence-electron chi connectivity index (χ4n) is 2.55. The zero-order valence-corrected chi connectivity index (χ0v) is 11.9. The van der Waals surface area contributed by atoms with Crippen molar-refractivity contribution >= 4 is 10.0 Å². The molecule has 5 heteroatoms. The molecule has 0 radical (unpaired) electrons. The molecule has 1 N–H and O–H groups in total. The van der Waals surface area contributed by atoms with Crippen molar-refractivity contribution < 1.29 is 12.8 Å². The number of benzene rings is 1. The minimum Gasteiger partial charge on any atom is -0.208 e. The first-order valence-electron chi connectivity index (χ1n) is 6.77. The standard InChI is InChI=1S/C14H20FNO2S/c1-11-5-3-2-4-6-14(11)16-19(17,18)13-9-7-12(15)8-10-13/h7-11,14,16H,2-6H2,1H3. The third-order valence-corrected chi connectivity index (χ3v) is 5.30. The van der Waals surface area contributed by atoms with Crippen molar-refractivity contribution in [2.75, 3.05) is 0 Å². The summed E-state index contributed by atoms with van der Waals surface area (Å²) >= 11 is 0. The number of halogens is 1. The highest BCUT2D eigenvalue weighted by Gasteiger charge is 2.25. The maximum atomic E-state index is 12.8. The molecule has 0 amide bonds. The molecule has 0 bridgehead atoms. The lowest BCUT2D eigenvalue weighted by molar-refractivity contribution is 0.399. The maximum absolute atomic E-state index is 12.8. The normalized spacial score (nSPS) is 24.9. The molecular formula is C14H20FNO2S.